The Labute approximate surface area is 190 Å². The molecular formula is C23H26N8O2. The SMILES string of the molecule is Nc1nc(CCCO)ccc1-c1nc(Nc2ccc(N3CCOCC3)cc2)nc2nc[nH]c12. The lowest BCUT2D eigenvalue weighted by molar-refractivity contribution is 0.122. The predicted octanol–water partition coefficient (Wildman–Crippen LogP) is 2.50. The lowest BCUT2D eigenvalue weighted by Crippen LogP contribution is -2.36. The second kappa shape index (κ2) is 9.39. The van der Waals surface area contributed by atoms with Crippen molar-refractivity contribution in [3.8, 4) is 11.3 Å². The van der Waals surface area contributed by atoms with E-state index in [0.717, 1.165) is 43.4 Å². The summed E-state index contributed by atoms with van der Waals surface area (Å²) >= 11 is 0. The van der Waals surface area contributed by atoms with E-state index < -0.39 is 0 Å². The highest BCUT2D eigenvalue weighted by atomic mass is 16.5. The molecule has 0 bridgehead atoms. The topological polar surface area (TPSA) is 138 Å². The first-order chi connectivity index (χ1) is 16.2. The molecule has 4 heterocycles. The maximum Gasteiger partial charge on any atom is 0.229 e. The van der Waals surface area contributed by atoms with Crippen LogP contribution in [0.2, 0.25) is 0 Å². The largest absolute Gasteiger partial charge is 0.396 e. The average Bonchev–Trinajstić information content (AvgIpc) is 3.32. The van der Waals surface area contributed by atoms with Crippen molar-refractivity contribution in [2.75, 3.05) is 48.9 Å². The highest BCUT2D eigenvalue weighted by Crippen LogP contribution is 2.30. The third-order valence-corrected chi connectivity index (χ3v) is 5.61. The Hall–Kier alpha value is -3.76. The molecule has 1 aliphatic rings. The van der Waals surface area contributed by atoms with E-state index in [1.165, 1.54) is 0 Å². The summed E-state index contributed by atoms with van der Waals surface area (Å²) in [6.07, 6.45) is 2.89. The van der Waals surface area contributed by atoms with Crippen LogP contribution in [0.15, 0.2) is 42.7 Å². The quantitative estimate of drug-likeness (QED) is 0.337. The molecule has 0 unspecified atom stereocenters. The molecule has 0 radical (unpaired) electrons. The minimum Gasteiger partial charge on any atom is -0.396 e. The van der Waals surface area contributed by atoms with E-state index in [0.29, 0.717) is 47.0 Å². The Balaban J connectivity index is 1.42. The fourth-order valence-corrected chi connectivity index (χ4v) is 3.91. The molecule has 3 aromatic heterocycles. The number of aliphatic hydroxyl groups is 1. The van der Waals surface area contributed by atoms with Crippen molar-refractivity contribution in [2.24, 2.45) is 0 Å². The van der Waals surface area contributed by atoms with Crippen LogP contribution in [-0.4, -0.2) is 62.9 Å². The number of anilines is 4. The molecule has 10 heteroatoms. The number of aromatic nitrogens is 5. The minimum atomic E-state index is 0.118. The van der Waals surface area contributed by atoms with Gasteiger partial charge in [0.15, 0.2) is 5.65 Å². The van der Waals surface area contributed by atoms with Gasteiger partial charge >= 0.3 is 0 Å². The Morgan fingerprint density at radius 1 is 1.06 bits per heavy atom. The molecule has 4 aromatic rings. The van der Waals surface area contributed by atoms with E-state index in [4.69, 9.17) is 20.6 Å². The van der Waals surface area contributed by atoms with Crippen LogP contribution in [0.5, 0.6) is 0 Å². The second-order valence-electron chi connectivity index (χ2n) is 7.83. The van der Waals surface area contributed by atoms with Crippen LogP contribution in [0.3, 0.4) is 0 Å². The lowest BCUT2D eigenvalue weighted by atomic mass is 10.1. The number of hydrogen-bond acceptors (Lipinski definition) is 9. The molecule has 170 valence electrons. The minimum absolute atomic E-state index is 0.118. The Morgan fingerprint density at radius 2 is 1.88 bits per heavy atom. The molecule has 0 spiro atoms. The van der Waals surface area contributed by atoms with Gasteiger partial charge in [-0.1, -0.05) is 0 Å². The van der Waals surface area contributed by atoms with Gasteiger partial charge in [0, 0.05) is 42.3 Å². The van der Waals surface area contributed by atoms with Gasteiger partial charge in [-0.3, -0.25) is 0 Å². The molecule has 33 heavy (non-hydrogen) atoms. The molecule has 1 aliphatic heterocycles. The Bertz CT molecular complexity index is 1240. The van der Waals surface area contributed by atoms with Gasteiger partial charge in [-0.25, -0.2) is 15.0 Å². The van der Waals surface area contributed by atoms with Crippen LogP contribution in [-0.2, 0) is 11.2 Å². The maximum absolute atomic E-state index is 9.06. The number of ether oxygens (including phenoxy) is 1. The lowest BCUT2D eigenvalue weighted by Gasteiger charge is -2.28. The van der Waals surface area contributed by atoms with Crippen LogP contribution in [0.25, 0.3) is 22.4 Å². The Kier molecular flexibility index (Phi) is 6.01. The summed E-state index contributed by atoms with van der Waals surface area (Å²) in [7, 11) is 0. The molecule has 5 N–H and O–H groups in total. The molecule has 1 fully saturated rings. The second-order valence-corrected chi connectivity index (χ2v) is 7.83. The molecular weight excluding hydrogens is 420 g/mol. The van der Waals surface area contributed by atoms with Gasteiger partial charge in [-0.15, -0.1) is 0 Å². The first-order valence-electron chi connectivity index (χ1n) is 11.0. The van der Waals surface area contributed by atoms with Crippen LogP contribution < -0.4 is 16.0 Å². The van der Waals surface area contributed by atoms with E-state index >= 15 is 0 Å². The van der Waals surface area contributed by atoms with Crippen LogP contribution in [0.1, 0.15) is 12.1 Å². The number of nitrogens with one attached hydrogen (secondary N) is 2. The predicted molar refractivity (Wildman–Crippen MR) is 127 cm³/mol. The number of morpholine rings is 1. The van der Waals surface area contributed by atoms with Crippen LogP contribution in [0, 0.1) is 0 Å². The summed E-state index contributed by atoms with van der Waals surface area (Å²) in [6, 6.07) is 12.0. The van der Waals surface area contributed by atoms with Gasteiger partial charge in [0.05, 0.1) is 19.5 Å². The van der Waals surface area contributed by atoms with Crippen LogP contribution in [0.4, 0.5) is 23.1 Å². The fraction of sp³-hybridized carbons (Fsp3) is 0.304. The number of imidazole rings is 1. The summed E-state index contributed by atoms with van der Waals surface area (Å²) in [5.41, 5.74) is 11.7. The van der Waals surface area contributed by atoms with Gasteiger partial charge in [0.1, 0.15) is 17.0 Å². The zero-order valence-corrected chi connectivity index (χ0v) is 18.2. The molecule has 1 aromatic carbocycles. The third-order valence-electron chi connectivity index (χ3n) is 5.61. The first-order valence-corrected chi connectivity index (χ1v) is 11.0. The number of aromatic amines is 1. The fourth-order valence-electron chi connectivity index (χ4n) is 3.91. The third kappa shape index (κ3) is 4.57. The normalized spacial score (nSPS) is 14.0. The Morgan fingerprint density at radius 3 is 2.64 bits per heavy atom. The number of aryl methyl sites for hydroxylation is 1. The number of benzene rings is 1. The van der Waals surface area contributed by atoms with Crippen molar-refractivity contribution in [2.45, 2.75) is 12.8 Å². The van der Waals surface area contributed by atoms with Crippen molar-refractivity contribution in [3.05, 3.63) is 48.4 Å². The molecule has 5 rings (SSSR count). The number of rotatable bonds is 7. The standard InChI is InChI=1S/C23H26N8O2/c24-21-18(8-5-15(27-21)2-1-11-32)19-20-22(26-14-25-20)30-23(29-19)28-16-3-6-17(7-4-16)31-9-12-33-13-10-31/h3-8,14,32H,1-2,9-13H2,(H2,24,27)(H2,25,26,28,29,30). The van der Waals surface area contributed by atoms with Gasteiger partial charge in [-0.2, -0.15) is 4.98 Å². The number of H-pyrrole nitrogens is 1. The molecule has 1 saturated heterocycles. The summed E-state index contributed by atoms with van der Waals surface area (Å²) in [5.74, 6) is 0.799. The molecule has 10 nitrogen and oxygen atoms in total. The summed E-state index contributed by atoms with van der Waals surface area (Å²) in [6.45, 7) is 3.40. The molecule has 0 amide bonds. The molecule has 0 saturated carbocycles. The van der Waals surface area contributed by atoms with Gasteiger partial charge in [-0.05, 0) is 49.2 Å². The van der Waals surface area contributed by atoms with Gasteiger partial charge in [0.2, 0.25) is 5.95 Å². The van der Waals surface area contributed by atoms with Crippen LogP contribution >= 0.6 is 0 Å². The number of nitrogen functional groups attached to an aromatic ring is 1. The van der Waals surface area contributed by atoms with E-state index in [1.807, 2.05) is 24.3 Å². The highest BCUT2D eigenvalue weighted by molar-refractivity contribution is 5.91. The molecule has 0 atom stereocenters. The monoisotopic (exact) mass is 446 g/mol. The molecule has 0 aliphatic carbocycles. The summed E-state index contributed by atoms with van der Waals surface area (Å²) < 4.78 is 5.43. The zero-order valence-electron chi connectivity index (χ0n) is 18.2. The number of nitrogens with zero attached hydrogens (tertiary/aromatic N) is 5. The van der Waals surface area contributed by atoms with E-state index in [1.54, 1.807) is 6.33 Å². The summed E-state index contributed by atoms with van der Waals surface area (Å²) in [4.78, 5) is 23.5. The van der Waals surface area contributed by atoms with E-state index in [9.17, 15) is 0 Å². The number of aliphatic hydroxyl groups excluding tert-OH is 1. The van der Waals surface area contributed by atoms with Crippen molar-refractivity contribution < 1.29 is 9.84 Å². The smallest absolute Gasteiger partial charge is 0.229 e. The van der Waals surface area contributed by atoms with E-state index in [2.05, 4.69) is 42.3 Å². The van der Waals surface area contributed by atoms with Crippen molar-refractivity contribution in [1.29, 1.82) is 0 Å². The van der Waals surface area contributed by atoms with E-state index in [-0.39, 0.29) is 6.61 Å². The van der Waals surface area contributed by atoms with Gasteiger partial charge < -0.3 is 30.8 Å². The van der Waals surface area contributed by atoms with Gasteiger partial charge in [0.25, 0.3) is 0 Å². The maximum atomic E-state index is 9.06. The van der Waals surface area contributed by atoms with Crippen molar-refractivity contribution >= 4 is 34.3 Å². The number of nitrogens with two attached hydrogens (primary N) is 1. The first kappa shape index (κ1) is 21.1. The van der Waals surface area contributed by atoms with Crippen molar-refractivity contribution in [1.82, 2.24) is 24.9 Å². The van der Waals surface area contributed by atoms with Crippen molar-refractivity contribution in [3.63, 3.8) is 0 Å². The number of pyridine rings is 1. The highest BCUT2D eigenvalue weighted by Gasteiger charge is 2.16. The average molecular weight is 447 g/mol. The number of hydrogen-bond donors (Lipinski definition) is 4. The zero-order chi connectivity index (χ0) is 22.6. The number of fused-ring (bicyclic) bond motifs is 1. The summed E-state index contributed by atoms with van der Waals surface area (Å²) in [5, 5.41) is 12.3.